The third-order valence-corrected chi connectivity index (χ3v) is 16.6. The minimum Gasteiger partial charge on any atom is -0.361 e. The summed E-state index contributed by atoms with van der Waals surface area (Å²) in [6, 6.07) is 55.5. The van der Waals surface area contributed by atoms with E-state index in [0.29, 0.717) is 0 Å². The number of benzene rings is 7. The smallest absolute Gasteiger partial charge is 0.0729 e. The normalized spacial score (nSPS) is 14.6. The first-order valence-corrected chi connectivity index (χ1v) is 28.9. The van der Waals surface area contributed by atoms with Gasteiger partial charge in [-0.05, 0) is 165 Å². The molecule has 0 bridgehead atoms. The third kappa shape index (κ3) is 9.07. The molecule has 2 aliphatic heterocycles. The lowest BCUT2D eigenvalue weighted by atomic mass is 9.85. The van der Waals surface area contributed by atoms with E-state index in [1.807, 2.05) is 37.0 Å². The molecule has 0 unspecified atom stereocenters. The van der Waals surface area contributed by atoms with Crippen LogP contribution in [0.1, 0.15) is 113 Å². The number of H-pyrrole nitrogens is 2. The van der Waals surface area contributed by atoms with Gasteiger partial charge in [0, 0.05) is 104 Å². The van der Waals surface area contributed by atoms with Gasteiger partial charge in [-0.1, -0.05) is 151 Å². The van der Waals surface area contributed by atoms with Gasteiger partial charge in [-0.25, -0.2) is 0 Å². The van der Waals surface area contributed by atoms with Gasteiger partial charge in [0.05, 0.1) is 11.4 Å². The fraction of sp³-hybridized carbons (Fsp3) is 0.222. The van der Waals surface area contributed by atoms with E-state index in [4.69, 9.17) is 9.98 Å². The summed E-state index contributed by atoms with van der Waals surface area (Å²) in [5.74, 6) is 0. The molecular weight excluding hydrogens is 949 g/mol. The van der Waals surface area contributed by atoms with Crippen molar-refractivity contribution in [2.75, 3.05) is 0 Å². The second-order valence-corrected chi connectivity index (χ2v) is 21.6. The summed E-state index contributed by atoms with van der Waals surface area (Å²) in [5.41, 5.74) is 18.8. The van der Waals surface area contributed by atoms with Crippen LogP contribution in [0.4, 0.5) is 0 Å². The van der Waals surface area contributed by atoms with Crippen molar-refractivity contribution in [1.82, 2.24) is 19.1 Å². The van der Waals surface area contributed by atoms with E-state index in [9.17, 15) is 0 Å². The molecule has 7 aromatic carbocycles. The summed E-state index contributed by atoms with van der Waals surface area (Å²) in [6.07, 6.45) is 31.2. The van der Waals surface area contributed by atoms with Gasteiger partial charge in [-0.2, -0.15) is 0 Å². The molecule has 6 nitrogen and oxygen atoms in total. The van der Waals surface area contributed by atoms with Crippen LogP contribution < -0.4 is 0 Å². The highest BCUT2D eigenvalue weighted by Gasteiger charge is 2.23. The average molecular weight is 1020 g/mol. The fourth-order valence-corrected chi connectivity index (χ4v) is 12.9. The molecule has 11 aromatic rings. The number of nitrogens with zero attached hydrogens (tertiary/aromatic N) is 4. The van der Waals surface area contributed by atoms with E-state index in [-0.39, 0.29) is 0 Å². The van der Waals surface area contributed by atoms with Crippen molar-refractivity contribution in [3.8, 4) is 22.3 Å². The lowest BCUT2D eigenvalue weighted by molar-refractivity contribution is 0.571. The van der Waals surface area contributed by atoms with Gasteiger partial charge in [-0.15, -0.1) is 0 Å². The highest BCUT2D eigenvalue weighted by Crippen LogP contribution is 2.47. The van der Waals surface area contributed by atoms with Gasteiger partial charge in [0.2, 0.25) is 0 Å². The van der Waals surface area contributed by atoms with Crippen molar-refractivity contribution >= 4 is 88.7 Å². The molecule has 386 valence electrons. The van der Waals surface area contributed by atoms with E-state index in [2.05, 4.69) is 191 Å². The molecular formula is C72H68N6. The van der Waals surface area contributed by atoms with E-state index in [0.717, 1.165) is 71.0 Å². The average Bonchev–Trinajstić information content (AvgIpc) is 4.39. The number of unbranched alkanes of at least 4 members (excludes halogenated alkanes) is 10. The number of allylic oxidation sites excluding steroid dienone is 4. The number of fused-ring (bicyclic) bond motifs is 8. The zero-order valence-corrected chi connectivity index (χ0v) is 45.2. The Hall–Kier alpha value is -8.48. The molecule has 78 heavy (non-hydrogen) atoms. The Morgan fingerprint density at radius 1 is 0.385 bits per heavy atom. The van der Waals surface area contributed by atoms with E-state index < -0.39 is 0 Å². The van der Waals surface area contributed by atoms with Crippen LogP contribution in [-0.4, -0.2) is 31.5 Å². The standard InChI is InChI=1S/C72H68N6/c1-3-5-7-9-11-17-43-77-65-35-31-49(45-57(65)59-47-51(33-37-67(59)77)71(61-27-19-39-73-61)62-28-20-40-74-62)69-53-23-13-15-25-55(53)70(56-26-16-14-24-54(56)69)50-32-36-66-58(46-50)60-48-52(72(63-29-21-41-75-63)64-30-22-42-76-64)34-38-68(60)78(66)44-18-12-10-8-6-4-2/h13-16,19-42,45-48,73,75H,3-12,17-18,43-44H2,1-2H3/b71-62+,72-64+. The molecule has 6 heteroatoms. The van der Waals surface area contributed by atoms with Crippen LogP contribution in [0.2, 0.25) is 0 Å². The summed E-state index contributed by atoms with van der Waals surface area (Å²) < 4.78 is 5.18. The molecule has 0 radical (unpaired) electrons. The highest BCUT2D eigenvalue weighted by atomic mass is 15.0. The molecule has 0 spiro atoms. The number of nitrogens with one attached hydrogen (secondary N) is 2. The Labute approximate surface area is 458 Å². The van der Waals surface area contributed by atoms with Crippen LogP contribution >= 0.6 is 0 Å². The highest BCUT2D eigenvalue weighted by molar-refractivity contribution is 6.23. The maximum Gasteiger partial charge on any atom is 0.0729 e. The summed E-state index contributed by atoms with van der Waals surface area (Å²) in [4.78, 5) is 16.6. The zero-order valence-electron chi connectivity index (χ0n) is 45.2. The SMILES string of the molecule is CCCCCCCCn1c2ccc(/C(=C3/C=CC=N3)c3ccc[nH]3)cc2c2cc(-c3c4ccccc4c(-c4ccc5c(c4)c4cc(/C(=C6/C=CC=N6)c6ccc[nH]6)ccc4n5CCCCCCCC)c4ccccc34)ccc21. The quantitative estimate of drug-likeness (QED) is 0.0564. The second-order valence-electron chi connectivity index (χ2n) is 21.6. The maximum absolute atomic E-state index is 4.82. The van der Waals surface area contributed by atoms with Crippen LogP contribution in [0, 0.1) is 0 Å². The maximum atomic E-state index is 4.82. The Morgan fingerprint density at radius 2 is 0.769 bits per heavy atom. The lowest BCUT2D eigenvalue weighted by Crippen LogP contribution is -1.98. The third-order valence-electron chi connectivity index (χ3n) is 16.6. The predicted molar refractivity (Wildman–Crippen MR) is 334 cm³/mol. The first-order chi connectivity index (χ1) is 38.7. The van der Waals surface area contributed by atoms with Gasteiger partial charge < -0.3 is 19.1 Å². The Bertz CT molecular complexity index is 3860. The number of aliphatic imine (C=N–C) groups is 2. The van der Waals surface area contributed by atoms with Gasteiger partial charge in [0.25, 0.3) is 0 Å². The van der Waals surface area contributed by atoms with Gasteiger partial charge >= 0.3 is 0 Å². The molecule has 4 aromatic heterocycles. The molecule has 0 aliphatic carbocycles. The van der Waals surface area contributed by atoms with Crippen LogP contribution in [0.3, 0.4) is 0 Å². The van der Waals surface area contributed by atoms with Crippen molar-refractivity contribution in [3.05, 3.63) is 216 Å². The van der Waals surface area contributed by atoms with Crippen LogP contribution in [0.15, 0.2) is 204 Å². The Morgan fingerprint density at radius 3 is 1.14 bits per heavy atom. The van der Waals surface area contributed by atoms with Gasteiger partial charge in [0.15, 0.2) is 0 Å². The van der Waals surface area contributed by atoms with Crippen molar-refractivity contribution in [2.24, 2.45) is 9.98 Å². The molecule has 13 rings (SSSR count). The second kappa shape index (κ2) is 21.9. The van der Waals surface area contributed by atoms with Crippen LogP contribution in [0.25, 0.3) is 98.6 Å². The van der Waals surface area contributed by atoms with Crippen molar-refractivity contribution < 1.29 is 0 Å². The van der Waals surface area contributed by atoms with Crippen LogP contribution in [-0.2, 0) is 13.1 Å². The van der Waals surface area contributed by atoms with E-state index in [1.54, 1.807) is 0 Å². The van der Waals surface area contributed by atoms with Crippen molar-refractivity contribution in [2.45, 2.75) is 104 Å². The molecule has 0 saturated carbocycles. The molecule has 2 aliphatic rings. The van der Waals surface area contributed by atoms with Crippen LogP contribution in [0.5, 0.6) is 0 Å². The topological polar surface area (TPSA) is 66.2 Å². The number of aryl methyl sites for hydroxylation is 2. The summed E-state index contributed by atoms with van der Waals surface area (Å²) in [6.45, 7) is 6.57. The summed E-state index contributed by atoms with van der Waals surface area (Å²) >= 11 is 0. The fourth-order valence-electron chi connectivity index (χ4n) is 12.9. The number of hydrogen-bond donors (Lipinski definition) is 2. The zero-order chi connectivity index (χ0) is 52.4. The molecule has 0 fully saturated rings. The van der Waals surface area contributed by atoms with Crippen molar-refractivity contribution in [3.63, 3.8) is 0 Å². The van der Waals surface area contributed by atoms with Crippen molar-refractivity contribution in [1.29, 1.82) is 0 Å². The molecule has 6 heterocycles. The Balaban J connectivity index is 0.976. The number of hydrogen-bond acceptors (Lipinski definition) is 2. The summed E-state index contributed by atoms with van der Waals surface area (Å²) in [5, 5.41) is 10.1. The van der Waals surface area contributed by atoms with Gasteiger partial charge in [0.1, 0.15) is 0 Å². The first kappa shape index (κ1) is 49.1. The Kier molecular flexibility index (Phi) is 13.8. The molecule has 2 N–H and O–H groups in total. The lowest BCUT2D eigenvalue weighted by Gasteiger charge is -2.18. The first-order valence-electron chi connectivity index (χ1n) is 28.9. The molecule has 0 saturated heterocycles. The van der Waals surface area contributed by atoms with E-state index >= 15 is 0 Å². The minimum atomic E-state index is 0.973. The molecule has 0 atom stereocenters. The van der Waals surface area contributed by atoms with E-state index in [1.165, 1.54) is 152 Å². The monoisotopic (exact) mass is 1020 g/mol. The predicted octanol–water partition coefficient (Wildman–Crippen LogP) is 19.7. The number of aromatic nitrogens is 4. The largest absolute Gasteiger partial charge is 0.361 e. The number of aromatic amines is 2. The number of rotatable bonds is 20. The molecule has 0 amide bonds. The van der Waals surface area contributed by atoms with Gasteiger partial charge in [-0.3, -0.25) is 9.98 Å². The summed E-state index contributed by atoms with van der Waals surface area (Å²) in [7, 11) is 0. The minimum absolute atomic E-state index is 0.973.